The van der Waals surface area contributed by atoms with Gasteiger partial charge in [0, 0.05) is 18.6 Å². The lowest BCUT2D eigenvalue weighted by molar-refractivity contribution is 0.0680. The lowest BCUT2D eigenvalue weighted by atomic mass is 10.0. The van der Waals surface area contributed by atoms with Crippen molar-refractivity contribution < 1.29 is 4.79 Å². The lowest BCUT2D eigenvalue weighted by Gasteiger charge is -2.33. The largest absolute Gasteiger partial charge is 0.334 e. The van der Waals surface area contributed by atoms with Gasteiger partial charge in [0.15, 0.2) is 0 Å². The van der Waals surface area contributed by atoms with Gasteiger partial charge < -0.3 is 10.2 Å². The standard InChI is InChI=1S/C15H26N4OS/c1-4-7-13-14(21-18-17-13)15(20)19(11(2)3)10-12-8-5-6-9-16-12/h11-12,16H,4-10H2,1-3H3. The van der Waals surface area contributed by atoms with Crippen molar-refractivity contribution in [1.29, 1.82) is 0 Å². The van der Waals surface area contributed by atoms with Crippen LogP contribution in [-0.2, 0) is 6.42 Å². The van der Waals surface area contributed by atoms with Gasteiger partial charge in [0.05, 0.1) is 5.69 Å². The van der Waals surface area contributed by atoms with Crippen molar-refractivity contribution in [3.8, 4) is 0 Å². The number of nitrogens with one attached hydrogen (secondary N) is 1. The molecule has 0 bridgehead atoms. The number of nitrogens with zero attached hydrogens (tertiary/aromatic N) is 3. The number of amides is 1. The van der Waals surface area contributed by atoms with Crippen molar-refractivity contribution in [2.75, 3.05) is 13.1 Å². The van der Waals surface area contributed by atoms with E-state index in [9.17, 15) is 4.79 Å². The van der Waals surface area contributed by atoms with Gasteiger partial charge >= 0.3 is 0 Å². The molecule has 6 heteroatoms. The second-order valence-electron chi connectivity index (χ2n) is 6.00. The predicted octanol–water partition coefficient (Wildman–Crippen LogP) is 2.48. The number of hydrogen-bond acceptors (Lipinski definition) is 5. The van der Waals surface area contributed by atoms with Crippen molar-refractivity contribution in [3.05, 3.63) is 10.6 Å². The summed E-state index contributed by atoms with van der Waals surface area (Å²) in [5.74, 6) is 0.0934. The van der Waals surface area contributed by atoms with Gasteiger partial charge in [-0.2, -0.15) is 0 Å². The molecule has 5 nitrogen and oxygen atoms in total. The van der Waals surface area contributed by atoms with E-state index < -0.39 is 0 Å². The first-order valence-electron chi connectivity index (χ1n) is 7.99. The van der Waals surface area contributed by atoms with Crippen molar-refractivity contribution in [3.63, 3.8) is 0 Å². The number of rotatable bonds is 6. The Labute approximate surface area is 131 Å². The number of hydrogen-bond donors (Lipinski definition) is 1. The summed E-state index contributed by atoms with van der Waals surface area (Å²) in [6.45, 7) is 8.09. The van der Waals surface area contributed by atoms with Crippen LogP contribution in [0.2, 0.25) is 0 Å². The molecule has 0 aliphatic carbocycles. The van der Waals surface area contributed by atoms with Gasteiger partial charge in [0.25, 0.3) is 5.91 Å². The maximum atomic E-state index is 12.8. The van der Waals surface area contributed by atoms with E-state index in [1.165, 1.54) is 24.4 Å². The van der Waals surface area contributed by atoms with Crippen molar-refractivity contribution in [2.24, 2.45) is 0 Å². The zero-order valence-electron chi connectivity index (χ0n) is 13.3. The highest BCUT2D eigenvalue weighted by Gasteiger charge is 2.27. The Morgan fingerprint density at radius 1 is 1.48 bits per heavy atom. The Morgan fingerprint density at radius 2 is 2.29 bits per heavy atom. The molecule has 2 heterocycles. The molecule has 0 spiro atoms. The summed E-state index contributed by atoms with van der Waals surface area (Å²) >= 11 is 1.23. The van der Waals surface area contributed by atoms with Gasteiger partial charge in [0.2, 0.25) is 0 Å². The highest BCUT2D eigenvalue weighted by Crippen LogP contribution is 2.18. The quantitative estimate of drug-likeness (QED) is 0.877. The van der Waals surface area contributed by atoms with Gasteiger partial charge in [-0.15, -0.1) is 5.10 Å². The number of carbonyl (C=O) groups excluding carboxylic acids is 1. The minimum absolute atomic E-state index is 0.0934. The molecule has 1 aliphatic rings. The Kier molecular flexibility index (Phi) is 6.11. The van der Waals surface area contributed by atoms with Crippen LogP contribution in [0.15, 0.2) is 0 Å². The average Bonchev–Trinajstić information content (AvgIpc) is 2.93. The van der Waals surface area contributed by atoms with Crippen LogP contribution in [0.5, 0.6) is 0 Å². The predicted molar refractivity (Wildman–Crippen MR) is 85.7 cm³/mol. The fourth-order valence-corrected chi connectivity index (χ4v) is 3.41. The van der Waals surface area contributed by atoms with Crippen molar-refractivity contribution in [2.45, 2.75) is 65.0 Å². The molecule has 0 radical (unpaired) electrons. The Hall–Kier alpha value is -1.01. The minimum atomic E-state index is 0.0934. The molecule has 0 saturated carbocycles. The number of carbonyl (C=O) groups is 1. The van der Waals surface area contributed by atoms with E-state index in [4.69, 9.17) is 0 Å². The summed E-state index contributed by atoms with van der Waals surface area (Å²) in [5, 5.41) is 7.64. The zero-order chi connectivity index (χ0) is 15.2. The maximum absolute atomic E-state index is 12.8. The Balaban J connectivity index is 2.09. The molecule has 1 aromatic heterocycles. The van der Waals surface area contributed by atoms with Crippen LogP contribution in [0.25, 0.3) is 0 Å². The fraction of sp³-hybridized carbons (Fsp3) is 0.800. The second kappa shape index (κ2) is 7.84. The molecule has 1 unspecified atom stereocenters. The van der Waals surface area contributed by atoms with Crippen LogP contribution in [0.3, 0.4) is 0 Å². The number of piperidine rings is 1. The first-order valence-corrected chi connectivity index (χ1v) is 8.76. The van der Waals surface area contributed by atoms with Crippen LogP contribution in [0, 0.1) is 0 Å². The van der Waals surface area contributed by atoms with E-state index in [0.717, 1.165) is 42.9 Å². The van der Waals surface area contributed by atoms with E-state index in [0.29, 0.717) is 6.04 Å². The molecule has 1 atom stereocenters. The van der Waals surface area contributed by atoms with Gasteiger partial charge in [-0.1, -0.05) is 24.3 Å². The molecule has 118 valence electrons. The van der Waals surface area contributed by atoms with Gasteiger partial charge in [-0.05, 0) is 51.2 Å². The Bertz CT molecular complexity index is 454. The van der Waals surface area contributed by atoms with E-state index in [-0.39, 0.29) is 11.9 Å². The van der Waals surface area contributed by atoms with Gasteiger partial charge in [-0.3, -0.25) is 4.79 Å². The van der Waals surface area contributed by atoms with E-state index in [1.807, 2.05) is 4.90 Å². The molecule has 1 aliphatic heterocycles. The molecular weight excluding hydrogens is 284 g/mol. The van der Waals surface area contributed by atoms with Crippen LogP contribution in [-0.4, -0.2) is 45.6 Å². The molecule has 1 aromatic rings. The van der Waals surface area contributed by atoms with E-state index in [2.05, 4.69) is 35.7 Å². The summed E-state index contributed by atoms with van der Waals surface area (Å²) in [6, 6.07) is 0.610. The molecule has 1 fully saturated rings. The summed E-state index contributed by atoms with van der Waals surface area (Å²) in [4.78, 5) is 15.5. The summed E-state index contributed by atoms with van der Waals surface area (Å²) in [6.07, 6.45) is 5.45. The molecule has 1 amide bonds. The van der Waals surface area contributed by atoms with Crippen LogP contribution < -0.4 is 5.32 Å². The topological polar surface area (TPSA) is 58.1 Å². The first-order chi connectivity index (χ1) is 10.1. The van der Waals surface area contributed by atoms with Crippen molar-refractivity contribution >= 4 is 17.4 Å². The highest BCUT2D eigenvalue weighted by atomic mass is 32.1. The van der Waals surface area contributed by atoms with Crippen LogP contribution in [0.4, 0.5) is 0 Å². The summed E-state index contributed by atoms with van der Waals surface area (Å²) in [5.41, 5.74) is 0.856. The Morgan fingerprint density at radius 3 is 2.90 bits per heavy atom. The third kappa shape index (κ3) is 4.23. The smallest absolute Gasteiger partial charge is 0.267 e. The molecule has 21 heavy (non-hydrogen) atoms. The molecular formula is C15H26N4OS. The maximum Gasteiger partial charge on any atom is 0.267 e. The zero-order valence-corrected chi connectivity index (χ0v) is 14.1. The SMILES string of the molecule is CCCc1nnsc1C(=O)N(CC1CCCCN1)C(C)C. The van der Waals surface area contributed by atoms with E-state index in [1.54, 1.807) is 0 Å². The fourth-order valence-electron chi connectivity index (χ4n) is 2.75. The molecule has 0 aromatic carbocycles. The third-order valence-electron chi connectivity index (χ3n) is 3.95. The first kappa shape index (κ1) is 16.4. The summed E-state index contributed by atoms with van der Waals surface area (Å²) < 4.78 is 3.98. The number of aryl methyl sites for hydroxylation is 1. The summed E-state index contributed by atoms with van der Waals surface area (Å²) in [7, 11) is 0. The van der Waals surface area contributed by atoms with Gasteiger partial charge in [-0.25, -0.2) is 0 Å². The van der Waals surface area contributed by atoms with Crippen LogP contribution in [0.1, 0.15) is 61.8 Å². The molecule has 1 N–H and O–H groups in total. The van der Waals surface area contributed by atoms with Crippen LogP contribution >= 0.6 is 11.5 Å². The molecule has 1 saturated heterocycles. The van der Waals surface area contributed by atoms with Gasteiger partial charge in [0.1, 0.15) is 4.88 Å². The normalized spacial score (nSPS) is 19.0. The monoisotopic (exact) mass is 310 g/mol. The van der Waals surface area contributed by atoms with Crippen molar-refractivity contribution in [1.82, 2.24) is 19.8 Å². The lowest BCUT2D eigenvalue weighted by Crippen LogP contribution is -2.48. The average molecular weight is 310 g/mol. The second-order valence-corrected chi connectivity index (χ2v) is 6.75. The number of aromatic nitrogens is 2. The van der Waals surface area contributed by atoms with E-state index >= 15 is 0 Å². The third-order valence-corrected chi connectivity index (χ3v) is 4.71. The molecule has 2 rings (SSSR count). The highest BCUT2D eigenvalue weighted by molar-refractivity contribution is 7.08. The minimum Gasteiger partial charge on any atom is -0.334 e.